The van der Waals surface area contributed by atoms with Crippen LogP contribution in [0.2, 0.25) is 0 Å². The molecule has 21 heavy (non-hydrogen) atoms. The zero-order valence-electron chi connectivity index (χ0n) is 12.1. The highest BCUT2D eigenvalue weighted by atomic mass is 32.2. The van der Waals surface area contributed by atoms with Crippen LogP contribution in [0.1, 0.15) is 20.3 Å². The van der Waals surface area contributed by atoms with Gasteiger partial charge in [0.2, 0.25) is 0 Å². The molecule has 0 atom stereocenters. The van der Waals surface area contributed by atoms with Crippen molar-refractivity contribution in [3.8, 4) is 0 Å². The molecule has 0 aliphatic rings. The van der Waals surface area contributed by atoms with Gasteiger partial charge < -0.3 is 5.32 Å². The summed E-state index contributed by atoms with van der Waals surface area (Å²) in [5.41, 5.74) is 0.433. The Labute approximate surface area is 124 Å². The van der Waals surface area contributed by atoms with Crippen LogP contribution in [0.3, 0.4) is 0 Å². The number of hydrogen-bond acceptors (Lipinski definition) is 5. The van der Waals surface area contributed by atoms with Crippen molar-refractivity contribution in [2.75, 3.05) is 16.6 Å². The molecular weight excluding hydrogens is 290 g/mol. The van der Waals surface area contributed by atoms with Crippen molar-refractivity contribution in [1.29, 1.82) is 0 Å². The Morgan fingerprint density at radius 2 is 2.14 bits per heavy atom. The van der Waals surface area contributed by atoms with Crippen LogP contribution in [-0.2, 0) is 16.6 Å². The fourth-order valence-corrected chi connectivity index (χ4v) is 2.95. The van der Waals surface area contributed by atoms with E-state index in [4.69, 9.17) is 0 Å². The Kier molecular flexibility index (Phi) is 4.79. The summed E-state index contributed by atoms with van der Waals surface area (Å²) in [4.78, 5) is 4.22. The molecule has 8 heteroatoms. The number of nitrogens with one attached hydrogen (secondary N) is 2. The third kappa shape index (κ3) is 3.72. The Balaban J connectivity index is 2.26. The Morgan fingerprint density at radius 1 is 1.33 bits per heavy atom. The van der Waals surface area contributed by atoms with Crippen LogP contribution in [0.4, 0.5) is 11.5 Å². The molecule has 0 unspecified atom stereocenters. The number of nitrogens with zero attached hydrogens (tertiary/aromatic N) is 3. The molecule has 0 fully saturated rings. The number of aryl methyl sites for hydroxylation is 1. The van der Waals surface area contributed by atoms with Gasteiger partial charge >= 0.3 is 0 Å². The lowest BCUT2D eigenvalue weighted by Crippen LogP contribution is -2.16. The fraction of sp³-hybridized carbons (Fsp3) is 0.385. The predicted molar refractivity (Wildman–Crippen MR) is 81.7 cm³/mol. The summed E-state index contributed by atoms with van der Waals surface area (Å²) in [6.45, 7) is 5.27. The molecule has 2 heterocycles. The first-order chi connectivity index (χ1) is 10.1. The molecule has 0 saturated carbocycles. The molecule has 0 amide bonds. The minimum absolute atomic E-state index is 0.127. The first-order valence-electron chi connectivity index (χ1n) is 6.81. The number of pyridine rings is 1. The molecule has 2 N–H and O–H groups in total. The van der Waals surface area contributed by atoms with E-state index in [-0.39, 0.29) is 4.90 Å². The summed E-state index contributed by atoms with van der Waals surface area (Å²) in [7, 11) is -3.70. The second-order valence-electron chi connectivity index (χ2n) is 4.47. The summed E-state index contributed by atoms with van der Waals surface area (Å²) < 4.78 is 29.1. The van der Waals surface area contributed by atoms with Gasteiger partial charge in [0.25, 0.3) is 10.0 Å². The topological polar surface area (TPSA) is 88.9 Å². The van der Waals surface area contributed by atoms with Crippen molar-refractivity contribution in [2.24, 2.45) is 0 Å². The van der Waals surface area contributed by atoms with Gasteiger partial charge in [0, 0.05) is 25.5 Å². The SMILES string of the molecule is CCCNc1ncccc1S(=O)(=O)Nc1cnn(CC)c1. The van der Waals surface area contributed by atoms with Crippen LogP contribution >= 0.6 is 0 Å². The number of rotatable bonds is 7. The van der Waals surface area contributed by atoms with Crippen LogP contribution in [0.15, 0.2) is 35.6 Å². The van der Waals surface area contributed by atoms with Gasteiger partial charge in [-0.15, -0.1) is 0 Å². The van der Waals surface area contributed by atoms with E-state index in [1.54, 1.807) is 23.1 Å². The largest absolute Gasteiger partial charge is 0.369 e. The van der Waals surface area contributed by atoms with E-state index < -0.39 is 10.0 Å². The smallest absolute Gasteiger partial charge is 0.265 e. The highest BCUT2D eigenvalue weighted by Crippen LogP contribution is 2.21. The highest BCUT2D eigenvalue weighted by molar-refractivity contribution is 7.92. The fourth-order valence-electron chi connectivity index (χ4n) is 1.78. The standard InChI is InChI=1S/C13H19N5O2S/c1-3-7-14-13-12(6-5-8-15-13)21(19,20)17-11-9-16-18(4-2)10-11/h5-6,8-10,17H,3-4,7H2,1-2H3,(H,14,15). The summed E-state index contributed by atoms with van der Waals surface area (Å²) in [6, 6.07) is 3.12. The van der Waals surface area contributed by atoms with Gasteiger partial charge in [0.05, 0.1) is 11.9 Å². The molecule has 2 rings (SSSR count). The molecule has 0 aromatic carbocycles. The van der Waals surface area contributed by atoms with Crippen molar-refractivity contribution >= 4 is 21.5 Å². The van der Waals surface area contributed by atoms with Crippen LogP contribution in [0.5, 0.6) is 0 Å². The van der Waals surface area contributed by atoms with Crippen LogP contribution in [0.25, 0.3) is 0 Å². The first kappa shape index (κ1) is 15.3. The maximum atomic E-state index is 12.5. The lowest BCUT2D eigenvalue weighted by molar-refractivity contribution is 0.601. The minimum Gasteiger partial charge on any atom is -0.369 e. The summed E-state index contributed by atoms with van der Waals surface area (Å²) in [5, 5.41) is 7.06. The molecule has 0 saturated heterocycles. The van der Waals surface area contributed by atoms with Crippen molar-refractivity contribution in [2.45, 2.75) is 31.7 Å². The molecule has 0 aliphatic carbocycles. The molecule has 2 aromatic heterocycles. The Bertz CT molecular complexity index is 696. The van der Waals surface area contributed by atoms with Gasteiger partial charge in [-0.25, -0.2) is 13.4 Å². The van der Waals surface area contributed by atoms with Crippen LogP contribution < -0.4 is 10.0 Å². The van der Waals surface area contributed by atoms with E-state index >= 15 is 0 Å². The lowest BCUT2D eigenvalue weighted by atomic mass is 10.4. The van der Waals surface area contributed by atoms with Crippen molar-refractivity contribution in [3.63, 3.8) is 0 Å². The number of aromatic nitrogens is 3. The quantitative estimate of drug-likeness (QED) is 0.815. The zero-order valence-corrected chi connectivity index (χ0v) is 12.9. The third-order valence-corrected chi connectivity index (χ3v) is 4.23. The minimum atomic E-state index is -3.70. The molecule has 0 bridgehead atoms. The molecule has 2 aromatic rings. The summed E-state index contributed by atoms with van der Waals surface area (Å²) in [6.07, 6.45) is 5.57. The third-order valence-electron chi connectivity index (χ3n) is 2.81. The Hall–Kier alpha value is -2.09. The first-order valence-corrected chi connectivity index (χ1v) is 8.29. The van der Waals surface area contributed by atoms with Crippen LogP contribution in [-0.4, -0.2) is 29.7 Å². The number of anilines is 2. The molecular formula is C13H19N5O2S. The maximum Gasteiger partial charge on any atom is 0.265 e. The van der Waals surface area contributed by atoms with Gasteiger partial charge in [0.1, 0.15) is 10.7 Å². The second-order valence-corrected chi connectivity index (χ2v) is 6.12. The molecule has 0 spiro atoms. The normalized spacial score (nSPS) is 11.3. The number of hydrogen-bond donors (Lipinski definition) is 2. The van der Waals surface area contributed by atoms with E-state index in [1.807, 2.05) is 13.8 Å². The van der Waals surface area contributed by atoms with Gasteiger partial charge in [-0.05, 0) is 25.5 Å². The van der Waals surface area contributed by atoms with E-state index in [0.29, 0.717) is 24.6 Å². The summed E-state index contributed by atoms with van der Waals surface area (Å²) in [5.74, 6) is 0.356. The van der Waals surface area contributed by atoms with Gasteiger partial charge in [-0.1, -0.05) is 6.92 Å². The van der Waals surface area contributed by atoms with Gasteiger partial charge in [0.15, 0.2) is 0 Å². The molecule has 114 valence electrons. The predicted octanol–water partition coefficient (Wildman–Crippen LogP) is 1.92. The van der Waals surface area contributed by atoms with Crippen molar-refractivity contribution in [3.05, 3.63) is 30.7 Å². The summed E-state index contributed by atoms with van der Waals surface area (Å²) >= 11 is 0. The monoisotopic (exact) mass is 309 g/mol. The second kappa shape index (κ2) is 6.57. The van der Waals surface area contributed by atoms with E-state index in [1.165, 1.54) is 12.3 Å². The average Bonchev–Trinajstić information content (AvgIpc) is 2.92. The zero-order chi connectivity index (χ0) is 15.3. The van der Waals surface area contributed by atoms with E-state index in [9.17, 15) is 8.42 Å². The van der Waals surface area contributed by atoms with Gasteiger partial charge in [-0.3, -0.25) is 9.40 Å². The Morgan fingerprint density at radius 3 is 2.81 bits per heavy atom. The van der Waals surface area contributed by atoms with Crippen LogP contribution in [0, 0.1) is 0 Å². The average molecular weight is 309 g/mol. The maximum absolute atomic E-state index is 12.5. The lowest BCUT2D eigenvalue weighted by Gasteiger charge is -2.11. The van der Waals surface area contributed by atoms with E-state index in [2.05, 4.69) is 20.1 Å². The van der Waals surface area contributed by atoms with E-state index in [0.717, 1.165) is 6.42 Å². The van der Waals surface area contributed by atoms with Crippen molar-refractivity contribution in [1.82, 2.24) is 14.8 Å². The molecule has 0 aliphatic heterocycles. The van der Waals surface area contributed by atoms with Gasteiger partial charge in [-0.2, -0.15) is 5.10 Å². The molecule has 7 nitrogen and oxygen atoms in total. The highest BCUT2D eigenvalue weighted by Gasteiger charge is 2.19. The van der Waals surface area contributed by atoms with Crippen molar-refractivity contribution < 1.29 is 8.42 Å². The molecule has 0 radical (unpaired) electrons. The number of sulfonamides is 1.